The molecule has 1 saturated heterocycles. The molecule has 0 radical (unpaired) electrons. The van der Waals surface area contributed by atoms with Crippen molar-refractivity contribution in [3.8, 4) is 0 Å². The van der Waals surface area contributed by atoms with Crippen LogP contribution in [0.3, 0.4) is 0 Å². The third kappa shape index (κ3) is 2.19. The van der Waals surface area contributed by atoms with Crippen molar-refractivity contribution in [2.75, 3.05) is 33.3 Å². The average molecular weight is 172 g/mol. The molecule has 0 amide bonds. The number of nitrogens with one attached hydrogen (secondary N) is 1. The predicted molar refractivity (Wildman–Crippen MR) is 50.2 cm³/mol. The van der Waals surface area contributed by atoms with E-state index in [4.69, 9.17) is 5.11 Å². The third-order valence-corrected chi connectivity index (χ3v) is 2.85. The summed E-state index contributed by atoms with van der Waals surface area (Å²) in [6, 6.07) is 0.627. The molecule has 1 aliphatic rings. The lowest BCUT2D eigenvalue weighted by Crippen LogP contribution is -2.39. The summed E-state index contributed by atoms with van der Waals surface area (Å²) >= 11 is 0. The molecule has 0 aromatic carbocycles. The lowest BCUT2D eigenvalue weighted by atomic mass is 10.00. The van der Waals surface area contributed by atoms with Crippen LogP contribution in [0.15, 0.2) is 0 Å². The van der Waals surface area contributed by atoms with Gasteiger partial charge in [-0.25, -0.2) is 0 Å². The SMILES string of the molecule is CCC1CNCC1N(C)CCO. The van der Waals surface area contributed by atoms with Gasteiger partial charge in [0.05, 0.1) is 6.61 Å². The van der Waals surface area contributed by atoms with Gasteiger partial charge in [0.1, 0.15) is 0 Å². The molecule has 0 aromatic rings. The van der Waals surface area contributed by atoms with Gasteiger partial charge in [0.25, 0.3) is 0 Å². The maximum atomic E-state index is 8.79. The van der Waals surface area contributed by atoms with Gasteiger partial charge in [-0.15, -0.1) is 0 Å². The summed E-state index contributed by atoms with van der Waals surface area (Å²) in [5.41, 5.74) is 0. The first kappa shape index (κ1) is 9.96. The van der Waals surface area contributed by atoms with Crippen molar-refractivity contribution in [1.82, 2.24) is 10.2 Å². The fourth-order valence-electron chi connectivity index (χ4n) is 1.98. The van der Waals surface area contributed by atoms with Gasteiger partial charge >= 0.3 is 0 Å². The summed E-state index contributed by atoms with van der Waals surface area (Å²) in [6.07, 6.45) is 1.23. The van der Waals surface area contributed by atoms with Crippen LogP contribution in [-0.4, -0.2) is 49.3 Å². The largest absolute Gasteiger partial charge is 0.395 e. The van der Waals surface area contributed by atoms with E-state index in [0.717, 1.165) is 25.6 Å². The Morgan fingerprint density at radius 1 is 1.50 bits per heavy atom. The summed E-state index contributed by atoms with van der Waals surface area (Å²) in [6.45, 7) is 5.51. The monoisotopic (exact) mass is 172 g/mol. The second-order valence-electron chi connectivity index (χ2n) is 3.60. The first-order chi connectivity index (χ1) is 5.79. The van der Waals surface area contributed by atoms with Gasteiger partial charge in [0.15, 0.2) is 0 Å². The molecule has 1 heterocycles. The molecule has 3 heteroatoms. The van der Waals surface area contributed by atoms with Gasteiger partial charge in [-0.05, 0) is 19.5 Å². The van der Waals surface area contributed by atoms with Crippen molar-refractivity contribution < 1.29 is 5.11 Å². The molecule has 0 bridgehead atoms. The number of hydrogen-bond acceptors (Lipinski definition) is 3. The maximum Gasteiger partial charge on any atom is 0.0558 e. The highest BCUT2D eigenvalue weighted by Gasteiger charge is 2.28. The first-order valence-corrected chi connectivity index (χ1v) is 4.81. The van der Waals surface area contributed by atoms with Gasteiger partial charge in [-0.3, -0.25) is 4.90 Å². The molecular weight excluding hydrogens is 152 g/mol. The number of rotatable bonds is 4. The molecule has 0 saturated carbocycles. The Balaban J connectivity index is 2.38. The number of likely N-dealkylation sites (N-methyl/N-ethyl adjacent to an activating group) is 1. The normalized spacial score (nSPS) is 30.0. The predicted octanol–water partition coefficient (Wildman–Crippen LogP) is -0.0915. The van der Waals surface area contributed by atoms with E-state index in [2.05, 4.69) is 24.2 Å². The lowest BCUT2D eigenvalue weighted by Gasteiger charge is -2.27. The van der Waals surface area contributed by atoms with Gasteiger partial charge in [-0.2, -0.15) is 0 Å². The Hall–Kier alpha value is -0.120. The molecule has 2 N–H and O–H groups in total. The summed E-state index contributed by atoms with van der Waals surface area (Å²) in [4.78, 5) is 2.26. The zero-order valence-electron chi connectivity index (χ0n) is 8.08. The van der Waals surface area contributed by atoms with Crippen molar-refractivity contribution in [2.24, 2.45) is 5.92 Å². The minimum Gasteiger partial charge on any atom is -0.395 e. The van der Waals surface area contributed by atoms with Gasteiger partial charge in [-0.1, -0.05) is 13.3 Å². The molecule has 72 valence electrons. The number of nitrogens with zero attached hydrogens (tertiary/aromatic N) is 1. The van der Waals surface area contributed by atoms with Crippen LogP contribution in [0.25, 0.3) is 0 Å². The average Bonchev–Trinajstić information content (AvgIpc) is 2.51. The quantitative estimate of drug-likeness (QED) is 0.622. The molecule has 1 fully saturated rings. The van der Waals surface area contributed by atoms with Crippen molar-refractivity contribution >= 4 is 0 Å². The fourth-order valence-corrected chi connectivity index (χ4v) is 1.98. The van der Waals surface area contributed by atoms with Crippen LogP contribution >= 0.6 is 0 Å². The van der Waals surface area contributed by atoms with Crippen LogP contribution < -0.4 is 5.32 Å². The molecule has 1 rings (SSSR count). The van der Waals surface area contributed by atoms with Crippen molar-refractivity contribution in [3.05, 3.63) is 0 Å². The molecule has 3 nitrogen and oxygen atoms in total. The van der Waals surface area contributed by atoms with Crippen LogP contribution in [0.2, 0.25) is 0 Å². The highest BCUT2D eigenvalue weighted by molar-refractivity contribution is 4.86. The fraction of sp³-hybridized carbons (Fsp3) is 1.00. The Kier molecular flexibility index (Phi) is 3.98. The van der Waals surface area contributed by atoms with Gasteiger partial charge < -0.3 is 10.4 Å². The zero-order valence-corrected chi connectivity index (χ0v) is 8.08. The summed E-state index contributed by atoms with van der Waals surface area (Å²) in [5.74, 6) is 0.765. The van der Waals surface area contributed by atoms with Crippen molar-refractivity contribution in [2.45, 2.75) is 19.4 Å². The van der Waals surface area contributed by atoms with Crippen LogP contribution in [0.1, 0.15) is 13.3 Å². The van der Waals surface area contributed by atoms with E-state index in [0.29, 0.717) is 6.04 Å². The van der Waals surface area contributed by atoms with E-state index in [-0.39, 0.29) is 6.61 Å². The van der Waals surface area contributed by atoms with Crippen LogP contribution in [-0.2, 0) is 0 Å². The molecule has 12 heavy (non-hydrogen) atoms. The number of hydrogen-bond donors (Lipinski definition) is 2. The lowest BCUT2D eigenvalue weighted by molar-refractivity contribution is 0.162. The molecule has 1 aliphatic heterocycles. The number of aliphatic hydroxyl groups is 1. The second kappa shape index (κ2) is 4.80. The van der Waals surface area contributed by atoms with Gasteiger partial charge in [0.2, 0.25) is 0 Å². The van der Waals surface area contributed by atoms with E-state index in [1.165, 1.54) is 6.42 Å². The molecular formula is C9H20N2O. The zero-order chi connectivity index (χ0) is 8.97. The second-order valence-corrected chi connectivity index (χ2v) is 3.60. The Morgan fingerprint density at radius 3 is 2.83 bits per heavy atom. The van der Waals surface area contributed by atoms with Crippen molar-refractivity contribution in [1.29, 1.82) is 0 Å². The van der Waals surface area contributed by atoms with E-state index in [1.807, 2.05) is 0 Å². The molecule has 2 unspecified atom stereocenters. The summed E-state index contributed by atoms with van der Waals surface area (Å²) in [5, 5.41) is 12.2. The smallest absolute Gasteiger partial charge is 0.0558 e. The van der Waals surface area contributed by atoms with Crippen LogP contribution in [0.4, 0.5) is 0 Å². The topological polar surface area (TPSA) is 35.5 Å². The Bertz CT molecular complexity index is 130. The van der Waals surface area contributed by atoms with Crippen LogP contribution in [0, 0.1) is 5.92 Å². The molecule has 0 aliphatic carbocycles. The molecule has 0 aromatic heterocycles. The summed E-state index contributed by atoms with van der Waals surface area (Å²) in [7, 11) is 2.09. The minimum atomic E-state index is 0.267. The highest BCUT2D eigenvalue weighted by Crippen LogP contribution is 2.17. The minimum absolute atomic E-state index is 0.267. The molecule has 0 spiro atoms. The maximum absolute atomic E-state index is 8.79. The standard InChI is InChI=1S/C9H20N2O/c1-3-8-6-10-7-9(8)11(2)4-5-12/h8-10,12H,3-7H2,1-2H3. The highest BCUT2D eigenvalue weighted by atomic mass is 16.3. The third-order valence-electron chi connectivity index (χ3n) is 2.85. The molecule has 2 atom stereocenters. The number of aliphatic hydroxyl groups excluding tert-OH is 1. The first-order valence-electron chi connectivity index (χ1n) is 4.81. The van der Waals surface area contributed by atoms with Crippen LogP contribution in [0.5, 0.6) is 0 Å². The van der Waals surface area contributed by atoms with Gasteiger partial charge in [0, 0.05) is 19.1 Å². The van der Waals surface area contributed by atoms with E-state index in [1.54, 1.807) is 0 Å². The van der Waals surface area contributed by atoms with E-state index in [9.17, 15) is 0 Å². The summed E-state index contributed by atoms with van der Waals surface area (Å²) < 4.78 is 0. The Labute approximate surface area is 74.8 Å². The van der Waals surface area contributed by atoms with E-state index >= 15 is 0 Å². The van der Waals surface area contributed by atoms with E-state index < -0.39 is 0 Å². The van der Waals surface area contributed by atoms with Crippen molar-refractivity contribution in [3.63, 3.8) is 0 Å². The Morgan fingerprint density at radius 2 is 2.25 bits per heavy atom.